The molecule has 0 aliphatic carbocycles. The lowest BCUT2D eigenvalue weighted by molar-refractivity contribution is 0.217. The zero-order valence-corrected chi connectivity index (χ0v) is 11.1. The maximum absolute atomic E-state index is 3.61. The standard InChI is InChI=1S/C13H22N2S/c1-11(13-7-5-9-16-13)15(2)10-12-6-3-4-8-14-12/h5,7,9,11-12,14H,3-4,6,8,10H2,1-2H3/t11-,12-/m0/s1. The Labute approximate surface area is 103 Å². The summed E-state index contributed by atoms with van der Waals surface area (Å²) in [5.74, 6) is 0. The van der Waals surface area contributed by atoms with Gasteiger partial charge in [-0.3, -0.25) is 4.90 Å². The molecule has 0 bridgehead atoms. The fourth-order valence-electron chi connectivity index (χ4n) is 2.33. The van der Waals surface area contributed by atoms with Gasteiger partial charge in [0.15, 0.2) is 0 Å². The van der Waals surface area contributed by atoms with E-state index in [0.29, 0.717) is 12.1 Å². The Morgan fingerprint density at radius 1 is 1.56 bits per heavy atom. The van der Waals surface area contributed by atoms with Crippen molar-refractivity contribution in [3.63, 3.8) is 0 Å². The van der Waals surface area contributed by atoms with Crippen LogP contribution < -0.4 is 5.32 Å². The molecule has 1 aliphatic rings. The molecule has 2 heterocycles. The van der Waals surface area contributed by atoms with Gasteiger partial charge in [0.1, 0.15) is 0 Å². The monoisotopic (exact) mass is 238 g/mol. The Bertz CT molecular complexity index is 291. The Balaban J connectivity index is 1.84. The largest absolute Gasteiger partial charge is 0.313 e. The van der Waals surface area contributed by atoms with Crippen molar-refractivity contribution in [2.75, 3.05) is 20.1 Å². The second kappa shape index (κ2) is 5.80. The predicted octanol–water partition coefficient (Wildman–Crippen LogP) is 2.88. The molecule has 1 fully saturated rings. The lowest BCUT2D eigenvalue weighted by atomic mass is 10.0. The Morgan fingerprint density at radius 3 is 3.06 bits per heavy atom. The number of hydrogen-bond donors (Lipinski definition) is 1. The third-order valence-electron chi connectivity index (χ3n) is 3.54. The van der Waals surface area contributed by atoms with Gasteiger partial charge in [0.2, 0.25) is 0 Å². The topological polar surface area (TPSA) is 15.3 Å². The molecule has 2 nitrogen and oxygen atoms in total. The van der Waals surface area contributed by atoms with E-state index in [-0.39, 0.29) is 0 Å². The summed E-state index contributed by atoms with van der Waals surface area (Å²) in [7, 11) is 2.24. The van der Waals surface area contributed by atoms with E-state index in [1.54, 1.807) is 0 Å². The summed E-state index contributed by atoms with van der Waals surface area (Å²) in [6.07, 6.45) is 4.07. The lowest BCUT2D eigenvalue weighted by Crippen LogP contribution is -2.42. The lowest BCUT2D eigenvalue weighted by Gasteiger charge is -2.31. The van der Waals surface area contributed by atoms with E-state index in [0.717, 1.165) is 0 Å². The van der Waals surface area contributed by atoms with E-state index in [4.69, 9.17) is 0 Å². The molecule has 0 unspecified atom stereocenters. The van der Waals surface area contributed by atoms with Crippen LogP contribution in [0, 0.1) is 0 Å². The van der Waals surface area contributed by atoms with Crippen molar-refractivity contribution in [3.05, 3.63) is 22.4 Å². The van der Waals surface area contributed by atoms with Crippen LogP contribution in [0.2, 0.25) is 0 Å². The quantitative estimate of drug-likeness (QED) is 0.867. The van der Waals surface area contributed by atoms with Crippen molar-refractivity contribution in [1.29, 1.82) is 0 Å². The number of nitrogens with zero attached hydrogens (tertiary/aromatic N) is 1. The summed E-state index contributed by atoms with van der Waals surface area (Å²) < 4.78 is 0. The van der Waals surface area contributed by atoms with Gasteiger partial charge in [-0.1, -0.05) is 12.5 Å². The number of rotatable bonds is 4. The first-order valence-corrected chi connectivity index (χ1v) is 7.12. The van der Waals surface area contributed by atoms with Gasteiger partial charge in [-0.25, -0.2) is 0 Å². The third-order valence-corrected chi connectivity index (χ3v) is 4.58. The molecule has 2 rings (SSSR count). The molecule has 0 spiro atoms. The maximum Gasteiger partial charge on any atom is 0.0410 e. The third kappa shape index (κ3) is 3.06. The maximum atomic E-state index is 3.61. The van der Waals surface area contributed by atoms with Crippen LogP contribution in [0.15, 0.2) is 17.5 Å². The summed E-state index contributed by atoms with van der Waals surface area (Å²) in [6, 6.07) is 5.62. The molecule has 1 aromatic heterocycles. The normalized spacial score (nSPS) is 23.6. The van der Waals surface area contributed by atoms with Gasteiger partial charge in [0.25, 0.3) is 0 Å². The molecule has 0 aromatic carbocycles. The van der Waals surface area contributed by atoms with Crippen molar-refractivity contribution < 1.29 is 0 Å². The van der Waals surface area contributed by atoms with E-state index in [2.05, 4.69) is 41.7 Å². The Hall–Kier alpha value is -0.380. The minimum Gasteiger partial charge on any atom is -0.313 e. The number of hydrogen-bond acceptors (Lipinski definition) is 3. The average Bonchev–Trinajstić information content (AvgIpc) is 2.83. The summed E-state index contributed by atoms with van der Waals surface area (Å²) in [5.41, 5.74) is 0. The van der Waals surface area contributed by atoms with E-state index in [1.807, 2.05) is 11.3 Å². The zero-order valence-electron chi connectivity index (χ0n) is 10.3. The molecule has 0 amide bonds. The summed E-state index contributed by atoms with van der Waals surface area (Å²) >= 11 is 1.86. The van der Waals surface area contributed by atoms with E-state index in [1.165, 1.54) is 37.2 Å². The fraction of sp³-hybridized carbons (Fsp3) is 0.692. The molecule has 3 heteroatoms. The highest BCUT2D eigenvalue weighted by Crippen LogP contribution is 2.24. The molecule has 1 N–H and O–H groups in total. The van der Waals surface area contributed by atoms with Crippen molar-refractivity contribution >= 4 is 11.3 Å². The number of nitrogens with one attached hydrogen (secondary N) is 1. The number of likely N-dealkylation sites (N-methyl/N-ethyl adjacent to an activating group) is 1. The van der Waals surface area contributed by atoms with E-state index >= 15 is 0 Å². The fourth-order valence-corrected chi connectivity index (χ4v) is 3.18. The average molecular weight is 238 g/mol. The Kier molecular flexibility index (Phi) is 4.38. The SMILES string of the molecule is C[C@@H](c1cccs1)N(C)C[C@@H]1CCCCN1. The van der Waals surface area contributed by atoms with Crippen LogP contribution in [-0.4, -0.2) is 31.1 Å². The van der Waals surface area contributed by atoms with Crippen LogP contribution >= 0.6 is 11.3 Å². The highest BCUT2D eigenvalue weighted by molar-refractivity contribution is 7.10. The van der Waals surface area contributed by atoms with Gasteiger partial charge in [0, 0.05) is 23.5 Å². The molecule has 1 aliphatic heterocycles. The second-order valence-corrected chi connectivity index (χ2v) is 5.76. The predicted molar refractivity (Wildman–Crippen MR) is 71.0 cm³/mol. The highest BCUT2D eigenvalue weighted by atomic mass is 32.1. The van der Waals surface area contributed by atoms with Gasteiger partial charge in [-0.05, 0) is 44.8 Å². The molecular formula is C13H22N2S. The van der Waals surface area contributed by atoms with Crippen LogP contribution in [0.3, 0.4) is 0 Å². The van der Waals surface area contributed by atoms with Crippen LogP contribution in [0.4, 0.5) is 0 Å². The van der Waals surface area contributed by atoms with Crippen LogP contribution in [0.25, 0.3) is 0 Å². The minimum absolute atomic E-state index is 0.545. The van der Waals surface area contributed by atoms with Gasteiger partial charge in [-0.2, -0.15) is 0 Å². The first-order chi connectivity index (χ1) is 7.77. The van der Waals surface area contributed by atoms with Crippen LogP contribution in [-0.2, 0) is 0 Å². The minimum atomic E-state index is 0.545. The van der Waals surface area contributed by atoms with E-state index < -0.39 is 0 Å². The smallest absolute Gasteiger partial charge is 0.0410 e. The van der Waals surface area contributed by atoms with Crippen molar-refractivity contribution in [3.8, 4) is 0 Å². The molecule has 90 valence electrons. The molecule has 2 atom stereocenters. The van der Waals surface area contributed by atoms with Gasteiger partial charge in [0.05, 0.1) is 0 Å². The summed E-state index contributed by atoms with van der Waals surface area (Å²) in [6.45, 7) is 4.67. The van der Waals surface area contributed by atoms with E-state index in [9.17, 15) is 0 Å². The van der Waals surface area contributed by atoms with Gasteiger partial charge >= 0.3 is 0 Å². The molecular weight excluding hydrogens is 216 g/mol. The first-order valence-electron chi connectivity index (χ1n) is 6.24. The molecule has 1 saturated heterocycles. The Morgan fingerprint density at radius 2 is 2.44 bits per heavy atom. The molecule has 16 heavy (non-hydrogen) atoms. The summed E-state index contributed by atoms with van der Waals surface area (Å²) in [4.78, 5) is 3.94. The number of thiophene rings is 1. The summed E-state index contributed by atoms with van der Waals surface area (Å²) in [5, 5.41) is 5.78. The molecule has 0 radical (unpaired) electrons. The van der Waals surface area contributed by atoms with Gasteiger partial charge < -0.3 is 5.32 Å². The van der Waals surface area contributed by atoms with Crippen molar-refractivity contribution in [2.45, 2.75) is 38.3 Å². The van der Waals surface area contributed by atoms with Crippen LogP contribution in [0.1, 0.15) is 37.1 Å². The number of piperidine rings is 1. The van der Waals surface area contributed by atoms with Crippen molar-refractivity contribution in [2.24, 2.45) is 0 Å². The zero-order chi connectivity index (χ0) is 11.4. The second-order valence-electron chi connectivity index (χ2n) is 4.78. The highest BCUT2D eigenvalue weighted by Gasteiger charge is 2.18. The van der Waals surface area contributed by atoms with Crippen LogP contribution in [0.5, 0.6) is 0 Å². The van der Waals surface area contributed by atoms with Gasteiger partial charge in [-0.15, -0.1) is 11.3 Å². The molecule has 0 saturated carbocycles. The van der Waals surface area contributed by atoms with Crippen molar-refractivity contribution in [1.82, 2.24) is 10.2 Å². The first kappa shape index (κ1) is 12.1. The molecule has 1 aromatic rings.